The van der Waals surface area contributed by atoms with Gasteiger partial charge in [0.25, 0.3) is 0 Å². The van der Waals surface area contributed by atoms with Crippen LogP contribution in [-0.2, 0) is 4.79 Å². The van der Waals surface area contributed by atoms with Gasteiger partial charge in [-0.25, -0.2) is 5.84 Å². The minimum atomic E-state index is -0.349. The van der Waals surface area contributed by atoms with Gasteiger partial charge >= 0.3 is 0 Å². The number of hydrogen-bond acceptors (Lipinski definition) is 3. The van der Waals surface area contributed by atoms with Crippen molar-refractivity contribution in [3.8, 4) is 0 Å². The molecule has 1 amide bonds. The normalized spacial score (nSPS) is 13.2. The van der Waals surface area contributed by atoms with Gasteiger partial charge in [0.05, 0.1) is 0 Å². The lowest BCUT2D eigenvalue weighted by molar-refractivity contribution is -0.122. The van der Waals surface area contributed by atoms with E-state index in [9.17, 15) is 4.79 Å². The van der Waals surface area contributed by atoms with Crippen molar-refractivity contribution < 1.29 is 4.79 Å². The van der Waals surface area contributed by atoms with E-state index in [4.69, 9.17) is 5.84 Å². The Bertz CT molecular complexity index is 217. The molecule has 88 valence electrons. The van der Waals surface area contributed by atoms with Gasteiger partial charge in [-0.2, -0.15) is 0 Å². The molecule has 0 bridgehead atoms. The lowest BCUT2D eigenvalue weighted by atomic mass is 10.3. The van der Waals surface area contributed by atoms with Crippen LogP contribution in [-0.4, -0.2) is 31.0 Å². The molecule has 5 N–H and O–H groups in total. The Morgan fingerprint density at radius 1 is 1.47 bits per heavy atom. The number of guanidine groups is 1. The molecule has 1 atom stereocenters. The van der Waals surface area contributed by atoms with Crippen LogP contribution in [0.5, 0.6) is 0 Å². The molecule has 0 saturated heterocycles. The number of carbonyl (C=O) groups excluding carboxylic acids is 1. The Morgan fingerprint density at radius 2 is 2.13 bits per heavy atom. The predicted octanol–water partition coefficient (Wildman–Crippen LogP) is -0.670. The third-order valence-corrected chi connectivity index (χ3v) is 1.75. The van der Waals surface area contributed by atoms with Gasteiger partial charge < -0.3 is 10.6 Å². The molecule has 6 nitrogen and oxygen atoms in total. The maximum Gasteiger partial charge on any atom is 0.242 e. The number of hydrazine groups is 1. The van der Waals surface area contributed by atoms with E-state index in [1.165, 1.54) is 0 Å². The zero-order chi connectivity index (χ0) is 11.7. The zero-order valence-corrected chi connectivity index (χ0v) is 9.63. The molecule has 0 aromatic carbocycles. The molecule has 6 heteroatoms. The van der Waals surface area contributed by atoms with E-state index in [0.717, 1.165) is 6.42 Å². The number of aliphatic imine (C=N–C) groups is 1. The zero-order valence-electron chi connectivity index (χ0n) is 9.63. The minimum Gasteiger partial charge on any atom is -0.354 e. The topological polar surface area (TPSA) is 91.5 Å². The van der Waals surface area contributed by atoms with Crippen LogP contribution in [0.1, 0.15) is 27.2 Å². The Labute approximate surface area is 90.7 Å². The first-order valence-corrected chi connectivity index (χ1v) is 5.21. The van der Waals surface area contributed by atoms with E-state index in [0.29, 0.717) is 19.0 Å². The molecule has 0 aliphatic carbocycles. The predicted molar refractivity (Wildman–Crippen MR) is 61.2 cm³/mol. The van der Waals surface area contributed by atoms with Crippen molar-refractivity contribution in [2.75, 3.05) is 13.1 Å². The number of rotatable bonds is 5. The number of nitrogens with one attached hydrogen (secondary N) is 3. The van der Waals surface area contributed by atoms with E-state index in [-0.39, 0.29) is 11.9 Å². The van der Waals surface area contributed by atoms with E-state index in [2.05, 4.69) is 21.1 Å². The van der Waals surface area contributed by atoms with E-state index >= 15 is 0 Å². The van der Waals surface area contributed by atoms with Gasteiger partial charge in [0, 0.05) is 13.1 Å². The molecule has 0 radical (unpaired) electrons. The van der Waals surface area contributed by atoms with Gasteiger partial charge in [0.1, 0.15) is 6.04 Å². The highest BCUT2D eigenvalue weighted by Gasteiger charge is 2.12. The number of nitrogens with zero attached hydrogens (tertiary/aromatic N) is 1. The Kier molecular flexibility index (Phi) is 7.35. The van der Waals surface area contributed by atoms with Crippen molar-refractivity contribution in [3.05, 3.63) is 0 Å². The molecule has 0 aliphatic heterocycles. The van der Waals surface area contributed by atoms with Gasteiger partial charge in [0.2, 0.25) is 11.9 Å². The summed E-state index contributed by atoms with van der Waals surface area (Å²) in [6.45, 7) is 6.94. The highest BCUT2D eigenvalue weighted by Crippen LogP contribution is 1.83. The average Bonchev–Trinajstić information content (AvgIpc) is 2.24. The van der Waals surface area contributed by atoms with Crippen LogP contribution in [0.25, 0.3) is 0 Å². The molecule has 0 fully saturated rings. The average molecular weight is 215 g/mol. The fraction of sp³-hybridized carbons (Fsp3) is 0.778. The third kappa shape index (κ3) is 5.90. The Hall–Kier alpha value is -1.30. The summed E-state index contributed by atoms with van der Waals surface area (Å²) in [6.07, 6.45) is 0.920. The van der Waals surface area contributed by atoms with Gasteiger partial charge in [0.15, 0.2) is 0 Å². The smallest absolute Gasteiger partial charge is 0.242 e. The summed E-state index contributed by atoms with van der Waals surface area (Å²) in [4.78, 5) is 15.5. The fourth-order valence-electron chi connectivity index (χ4n) is 0.963. The Balaban J connectivity index is 4.04. The second-order valence-corrected chi connectivity index (χ2v) is 3.12. The highest BCUT2D eigenvalue weighted by molar-refractivity contribution is 5.88. The molecular formula is C9H21N5O. The summed E-state index contributed by atoms with van der Waals surface area (Å²) in [7, 11) is 0. The molecule has 0 spiro atoms. The summed E-state index contributed by atoms with van der Waals surface area (Å²) in [5.74, 6) is 5.60. The minimum absolute atomic E-state index is 0.0593. The van der Waals surface area contributed by atoms with Crippen molar-refractivity contribution in [1.82, 2.24) is 16.1 Å². The van der Waals surface area contributed by atoms with Gasteiger partial charge in [-0.05, 0) is 20.3 Å². The van der Waals surface area contributed by atoms with Crippen molar-refractivity contribution >= 4 is 11.9 Å². The number of carbonyl (C=O) groups is 1. The molecule has 0 aromatic rings. The monoisotopic (exact) mass is 215 g/mol. The van der Waals surface area contributed by atoms with Crippen LogP contribution in [0.4, 0.5) is 0 Å². The fourth-order valence-corrected chi connectivity index (χ4v) is 0.963. The standard InChI is InChI=1S/C9H21N5O/c1-4-6-12-8(15)7(3)13-9(14-10)11-5-2/h7H,4-6,10H2,1-3H3,(H,12,15)(H2,11,13,14). The molecular weight excluding hydrogens is 194 g/mol. The molecule has 0 rings (SSSR count). The van der Waals surface area contributed by atoms with Gasteiger partial charge in [-0.3, -0.25) is 15.2 Å². The quantitative estimate of drug-likeness (QED) is 0.212. The number of amides is 1. The van der Waals surface area contributed by atoms with Crippen molar-refractivity contribution in [2.45, 2.75) is 33.2 Å². The van der Waals surface area contributed by atoms with Crippen LogP contribution in [0.2, 0.25) is 0 Å². The molecule has 0 aliphatic rings. The molecule has 15 heavy (non-hydrogen) atoms. The van der Waals surface area contributed by atoms with Crippen molar-refractivity contribution in [1.29, 1.82) is 0 Å². The SMILES string of the molecule is CCCNC(=O)C(C)NC(=NCC)NN. The largest absolute Gasteiger partial charge is 0.354 e. The first-order valence-electron chi connectivity index (χ1n) is 5.21. The lowest BCUT2D eigenvalue weighted by Gasteiger charge is -2.15. The third-order valence-electron chi connectivity index (χ3n) is 1.75. The van der Waals surface area contributed by atoms with Crippen LogP contribution in [0.3, 0.4) is 0 Å². The van der Waals surface area contributed by atoms with Gasteiger partial charge in [-0.1, -0.05) is 6.92 Å². The van der Waals surface area contributed by atoms with Crippen LogP contribution < -0.4 is 21.9 Å². The Morgan fingerprint density at radius 3 is 2.60 bits per heavy atom. The summed E-state index contributed by atoms with van der Waals surface area (Å²) in [5, 5.41) is 5.66. The number of nitrogens with two attached hydrogens (primary N) is 1. The molecule has 1 unspecified atom stereocenters. The van der Waals surface area contributed by atoms with Crippen LogP contribution in [0.15, 0.2) is 4.99 Å². The van der Waals surface area contributed by atoms with Crippen molar-refractivity contribution in [2.24, 2.45) is 10.8 Å². The van der Waals surface area contributed by atoms with E-state index in [1.54, 1.807) is 6.92 Å². The highest BCUT2D eigenvalue weighted by atomic mass is 16.2. The van der Waals surface area contributed by atoms with Crippen LogP contribution >= 0.6 is 0 Å². The molecule has 0 heterocycles. The van der Waals surface area contributed by atoms with E-state index < -0.39 is 0 Å². The summed E-state index contributed by atoms with van der Waals surface area (Å²) < 4.78 is 0. The summed E-state index contributed by atoms with van der Waals surface area (Å²) >= 11 is 0. The van der Waals surface area contributed by atoms with Crippen LogP contribution in [0, 0.1) is 0 Å². The summed E-state index contributed by atoms with van der Waals surface area (Å²) in [6, 6.07) is -0.349. The lowest BCUT2D eigenvalue weighted by Crippen LogP contribution is -2.51. The second-order valence-electron chi connectivity index (χ2n) is 3.12. The maximum absolute atomic E-state index is 11.5. The maximum atomic E-state index is 11.5. The molecule has 0 saturated carbocycles. The first kappa shape index (κ1) is 13.7. The van der Waals surface area contributed by atoms with E-state index in [1.807, 2.05) is 13.8 Å². The van der Waals surface area contributed by atoms with Crippen molar-refractivity contribution in [3.63, 3.8) is 0 Å². The summed E-state index contributed by atoms with van der Waals surface area (Å²) in [5.41, 5.74) is 2.40. The molecule has 0 aromatic heterocycles. The number of hydrogen-bond donors (Lipinski definition) is 4. The second kappa shape index (κ2) is 8.05. The van der Waals surface area contributed by atoms with Gasteiger partial charge in [-0.15, -0.1) is 0 Å². The first-order chi connectivity index (χ1) is 7.15.